The summed E-state index contributed by atoms with van der Waals surface area (Å²) in [4.78, 5) is 38.4. The highest BCUT2D eigenvalue weighted by molar-refractivity contribution is 6.05. The summed E-state index contributed by atoms with van der Waals surface area (Å²) in [5.41, 5.74) is 0.895. The zero-order valence-corrected chi connectivity index (χ0v) is 17.8. The van der Waals surface area contributed by atoms with Crippen molar-refractivity contribution in [3.63, 3.8) is 0 Å². The first-order valence-electron chi connectivity index (χ1n) is 10.3. The lowest BCUT2D eigenvalue weighted by atomic mass is 9.96. The van der Waals surface area contributed by atoms with Gasteiger partial charge < -0.3 is 14.7 Å². The van der Waals surface area contributed by atoms with Gasteiger partial charge in [-0.15, -0.1) is 0 Å². The Bertz CT molecular complexity index is 767. The first kappa shape index (κ1) is 23.5. The van der Waals surface area contributed by atoms with E-state index in [1.807, 2.05) is 13.8 Å². The third kappa shape index (κ3) is 6.95. The van der Waals surface area contributed by atoms with Crippen molar-refractivity contribution in [2.24, 2.45) is 11.8 Å². The van der Waals surface area contributed by atoms with Gasteiger partial charge in [0.2, 0.25) is 5.91 Å². The van der Waals surface area contributed by atoms with Crippen molar-refractivity contribution in [3.05, 3.63) is 35.4 Å². The highest BCUT2D eigenvalue weighted by Gasteiger charge is 2.26. The summed E-state index contributed by atoms with van der Waals surface area (Å²) in [6.07, 6.45) is 0.188. The number of hydrogen-bond acceptors (Lipinski definition) is 6. The molecule has 0 aromatic heterocycles. The number of carbonyl (C=O) groups is 3. The minimum absolute atomic E-state index is 0.0715. The molecule has 8 nitrogen and oxygen atoms in total. The van der Waals surface area contributed by atoms with Gasteiger partial charge in [0.05, 0.1) is 12.7 Å². The molecule has 3 N–H and O–H groups in total. The molecule has 1 fully saturated rings. The number of aliphatic hydroxyl groups excluding tert-OH is 1. The fourth-order valence-electron chi connectivity index (χ4n) is 3.16. The molecule has 2 rings (SSSR count). The zero-order chi connectivity index (χ0) is 22.3. The highest BCUT2D eigenvalue weighted by Crippen LogP contribution is 2.17. The molecule has 8 heteroatoms. The Morgan fingerprint density at radius 3 is 2.27 bits per heavy atom. The number of alkyl carbamates (subject to hydrolysis) is 1. The fourth-order valence-corrected chi connectivity index (χ4v) is 3.16. The first-order chi connectivity index (χ1) is 14.2. The standard InChI is InChI=1S/C22H31N3O5/c1-14(2)13-30-22(29)24-20(23)17-6-4-16(5-7-17)19(27)12-15(3)21(28)25-10-8-18(26)9-11-25/h4-7,14-15,18,26H,8-13H2,1-3H3,(H2,23,24,29). The number of aliphatic hydroxyl groups is 1. The Balaban J connectivity index is 1.87. The summed E-state index contributed by atoms with van der Waals surface area (Å²) >= 11 is 0. The van der Waals surface area contributed by atoms with Crippen molar-refractivity contribution >= 4 is 23.6 Å². The third-order valence-corrected chi connectivity index (χ3v) is 4.96. The van der Waals surface area contributed by atoms with Gasteiger partial charge in [-0.2, -0.15) is 0 Å². The Morgan fingerprint density at radius 1 is 1.13 bits per heavy atom. The van der Waals surface area contributed by atoms with Crippen molar-refractivity contribution in [1.82, 2.24) is 10.2 Å². The molecule has 1 unspecified atom stereocenters. The van der Waals surface area contributed by atoms with Crippen LogP contribution in [0.1, 0.15) is 56.0 Å². The van der Waals surface area contributed by atoms with Gasteiger partial charge >= 0.3 is 6.09 Å². The van der Waals surface area contributed by atoms with Gasteiger partial charge in [-0.05, 0) is 18.8 Å². The van der Waals surface area contributed by atoms with Gasteiger partial charge in [0.25, 0.3) is 0 Å². The number of rotatable bonds is 7. The van der Waals surface area contributed by atoms with Crippen LogP contribution in [0.5, 0.6) is 0 Å². The minimum atomic E-state index is -0.688. The lowest BCUT2D eigenvalue weighted by molar-refractivity contribution is -0.136. The lowest BCUT2D eigenvalue weighted by Crippen LogP contribution is -2.42. The zero-order valence-electron chi connectivity index (χ0n) is 17.8. The number of ether oxygens (including phenoxy) is 1. The van der Waals surface area contributed by atoms with E-state index in [9.17, 15) is 19.5 Å². The number of nitrogens with zero attached hydrogens (tertiary/aromatic N) is 1. The van der Waals surface area contributed by atoms with E-state index in [1.165, 1.54) is 0 Å². The van der Waals surface area contributed by atoms with Crippen LogP contribution in [-0.4, -0.2) is 59.4 Å². The number of nitrogens with one attached hydrogen (secondary N) is 2. The monoisotopic (exact) mass is 417 g/mol. The van der Waals surface area contributed by atoms with Crippen LogP contribution in [0, 0.1) is 17.2 Å². The molecule has 1 saturated heterocycles. The predicted molar refractivity (Wildman–Crippen MR) is 113 cm³/mol. The Kier molecular flexibility index (Phi) is 8.53. The number of piperidine rings is 1. The number of ketones is 1. The number of carbonyl (C=O) groups excluding carboxylic acids is 3. The maximum absolute atomic E-state index is 12.5. The van der Waals surface area contributed by atoms with E-state index in [-0.39, 0.29) is 42.6 Å². The molecule has 1 atom stereocenters. The quantitative estimate of drug-likeness (QED) is 0.358. The molecule has 1 heterocycles. The molecular weight excluding hydrogens is 386 g/mol. The molecule has 164 valence electrons. The second kappa shape index (κ2) is 10.9. The van der Waals surface area contributed by atoms with Gasteiger partial charge in [-0.1, -0.05) is 45.0 Å². The second-order valence-electron chi connectivity index (χ2n) is 8.15. The smallest absolute Gasteiger partial charge is 0.412 e. The van der Waals surface area contributed by atoms with E-state index in [0.29, 0.717) is 37.1 Å². The van der Waals surface area contributed by atoms with Gasteiger partial charge in [0.15, 0.2) is 5.78 Å². The molecule has 0 spiro atoms. The average molecular weight is 418 g/mol. The maximum atomic E-state index is 12.5. The highest BCUT2D eigenvalue weighted by atomic mass is 16.5. The maximum Gasteiger partial charge on any atom is 0.412 e. The van der Waals surface area contributed by atoms with Gasteiger partial charge in [0, 0.05) is 36.6 Å². The van der Waals surface area contributed by atoms with Crippen LogP contribution in [-0.2, 0) is 9.53 Å². The van der Waals surface area contributed by atoms with E-state index < -0.39 is 12.0 Å². The molecule has 0 saturated carbocycles. The number of Topliss-reactive ketones (excluding diaryl/α,β-unsaturated/α-hetero) is 1. The normalized spacial score (nSPS) is 15.6. The number of benzene rings is 1. The van der Waals surface area contributed by atoms with Crippen LogP contribution in [0.25, 0.3) is 0 Å². The van der Waals surface area contributed by atoms with Crippen LogP contribution in [0.15, 0.2) is 24.3 Å². The predicted octanol–water partition coefficient (Wildman–Crippen LogP) is 2.59. The van der Waals surface area contributed by atoms with Crippen molar-refractivity contribution in [1.29, 1.82) is 5.41 Å². The Hall–Kier alpha value is -2.74. The molecule has 0 aliphatic carbocycles. The molecule has 1 aliphatic heterocycles. The second-order valence-corrected chi connectivity index (χ2v) is 8.15. The summed E-state index contributed by atoms with van der Waals surface area (Å²) in [5.74, 6) is -0.583. The van der Waals surface area contributed by atoms with Gasteiger partial charge in [0.1, 0.15) is 5.84 Å². The Morgan fingerprint density at radius 2 is 1.70 bits per heavy atom. The van der Waals surface area contributed by atoms with Crippen LogP contribution in [0.4, 0.5) is 4.79 Å². The number of likely N-dealkylation sites (tertiary alicyclic amines) is 1. The van der Waals surface area contributed by atoms with E-state index >= 15 is 0 Å². The topological polar surface area (TPSA) is 120 Å². The molecule has 2 amide bonds. The summed E-state index contributed by atoms with van der Waals surface area (Å²) in [7, 11) is 0. The molecule has 0 radical (unpaired) electrons. The van der Waals surface area contributed by atoms with Crippen molar-refractivity contribution in [3.8, 4) is 0 Å². The number of amidine groups is 1. The van der Waals surface area contributed by atoms with Crippen LogP contribution in [0.3, 0.4) is 0 Å². The summed E-state index contributed by atoms with van der Waals surface area (Å²) in [6, 6.07) is 6.33. The minimum Gasteiger partial charge on any atom is -0.449 e. The fraction of sp³-hybridized carbons (Fsp3) is 0.545. The summed E-state index contributed by atoms with van der Waals surface area (Å²) in [6.45, 7) is 6.87. The Labute approximate surface area is 177 Å². The van der Waals surface area contributed by atoms with Crippen LogP contribution < -0.4 is 5.32 Å². The average Bonchev–Trinajstić information content (AvgIpc) is 2.72. The largest absolute Gasteiger partial charge is 0.449 e. The van der Waals surface area contributed by atoms with Crippen LogP contribution >= 0.6 is 0 Å². The van der Waals surface area contributed by atoms with E-state index in [0.717, 1.165) is 0 Å². The molecule has 0 bridgehead atoms. The van der Waals surface area contributed by atoms with E-state index in [4.69, 9.17) is 10.1 Å². The molecule has 1 aliphatic rings. The molecular formula is C22H31N3O5. The van der Waals surface area contributed by atoms with Crippen LogP contribution in [0.2, 0.25) is 0 Å². The van der Waals surface area contributed by atoms with Crippen molar-refractivity contribution < 1.29 is 24.2 Å². The van der Waals surface area contributed by atoms with E-state index in [2.05, 4.69) is 5.32 Å². The lowest BCUT2D eigenvalue weighted by Gasteiger charge is -2.31. The first-order valence-corrected chi connectivity index (χ1v) is 10.3. The van der Waals surface area contributed by atoms with Gasteiger partial charge in [-0.25, -0.2) is 4.79 Å². The SMILES string of the molecule is CC(C)COC(=O)NC(=N)c1ccc(C(=O)CC(C)C(=O)N2CCC(O)CC2)cc1. The van der Waals surface area contributed by atoms with Crippen molar-refractivity contribution in [2.75, 3.05) is 19.7 Å². The molecule has 30 heavy (non-hydrogen) atoms. The number of amides is 2. The van der Waals surface area contributed by atoms with Gasteiger partial charge in [-0.3, -0.25) is 20.3 Å². The molecule has 1 aromatic rings. The molecule has 1 aromatic carbocycles. The number of hydrogen-bond donors (Lipinski definition) is 3. The van der Waals surface area contributed by atoms with E-state index in [1.54, 1.807) is 36.1 Å². The van der Waals surface area contributed by atoms with Crippen molar-refractivity contribution in [2.45, 2.75) is 46.1 Å². The summed E-state index contributed by atoms with van der Waals surface area (Å²) < 4.78 is 4.98. The summed E-state index contributed by atoms with van der Waals surface area (Å²) in [5, 5.41) is 19.9. The third-order valence-electron chi connectivity index (χ3n) is 4.96.